The lowest BCUT2D eigenvalue weighted by Gasteiger charge is -2.39. The van der Waals surface area contributed by atoms with E-state index in [-0.39, 0.29) is 12.0 Å². The molecule has 0 radical (unpaired) electrons. The number of β-amino-alcohol motifs (C(OH)–C–C–N with tert-alkyl or cyclic N) is 1. The molecule has 0 aliphatic carbocycles. The number of aliphatic hydroxyl groups excluding tert-OH is 1. The number of hydrogen-bond donors (Lipinski definition) is 1. The minimum absolute atomic E-state index is 0.0935. The first-order valence-electron chi connectivity index (χ1n) is 8.47. The zero-order valence-corrected chi connectivity index (χ0v) is 14.5. The number of carbonyl (C=O) groups excluding carboxylic acids is 1. The van der Waals surface area contributed by atoms with Gasteiger partial charge in [-0.05, 0) is 19.8 Å². The van der Waals surface area contributed by atoms with Crippen LogP contribution in [0.25, 0.3) is 0 Å². The quantitative estimate of drug-likeness (QED) is 0.883. The van der Waals surface area contributed by atoms with Gasteiger partial charge in [0.2, 0.25) is 5.91 Å². The van der Waals surface area contributed by atoms with Crippen molar-refractivity contribution in [2.45, 2.75) is 25.9 Å². The number of aliphatic hydroxyl groups is 1. The molecule has 2 fully saturated rings. The van der Waals surface area contributed by atoms with Crippen LogP contribution in [0, 0.1) is 5.92 Å². The van der Waals surface area contributed by atoms with Crippen molar-refractivity contribution in [3.8, 4) is 0 Å². The molecule has 6 nitrogen and oxygen atoms in total. The molecule has 0 bridgehead atoms. The average Bonchev–Trinajstić information content (AvgIpc) is 3.09. The van der Waals surface area contributed by atoms with E-state index in [2.05, 4.69) is 14.8 Å². The van der Waals surface area contributed by atoms with Gasteiger partial charge < -0.3 is 14.9 Å². The van der Waals surface area contributed by atoms with Crippen molar-refractivity contribution < 1.29 is 9.90 Å². The molecule has 1 N–H and O–H groups in total. The largest absolute Gasteiger partial charge is 0.392 e. The summed E-state index contributed by atoms with van der Waals surface area (Å²) in [6, 6.07) is 0. The number of amides is 1. The summed E-state index contributed by atoms with van der Waals surface area (Å²) in [5, 5.41) is 12.5. The maximum absolute atomic E-state index is 12.8. The van der Waals surface area contributed by atoms with Crippen molar-refractivity contribution in [1.29, 1.82) is 0 Å². The molecule has 1 amide bonds. The lowest BCUT2D eigenvalue weighted by Crippen LogP contribution is -2.53. The first kappa shape index (κ1) is 16.7. The van der Waals surface area contributed by atoms with Gasteiger partial charge in [0.05, 0.1) is 12.0 Å². The van der Waals surface area contributed by atoms with Crippen molar-refractivity contribution in [3.63, 3.8) is 0 Å². The number of aromatic nitrogens is 1. The zero-order valence-electron chi connectivity index (χ0n) is 13.7. The van der Waals surface area contributed by atoms with Gasteiger partial charge in [0.25, 0.3) is 0 Å². The Morgan fingerprint density at radius 3 is 2.83 bits per heavy atom. The Bertz CT molecular complexity index is 500. The Morgan fingerprint density at radius 1 is 1.39 bits per heavy atom. The molecular formula is C16H26N4O2S. The summed E-state index contributed by atoms with van der Waals surface area (Å²) < 4.78 is 0. The van der Waals surface area contributed by atoms with Gasteiger partial charge in [0, 0.05) is 57.4 Å². The maximum atomic E-state index is 12.8. The summed E-state index contributed by atoms with van der Waals surface area (Å²) in [7, 11) is 0. The smallest absolute Gasteiger partial charge is 0.227 e. The van der Waals surface area contributed by atoms with Crippen molar-refractivity contribution in [3.05, 3.63) is 11.6 Å². The van der Waals surface area contributed by atoms with Crippen LogP contribution in [0.1, 0.15) is 19.8 Å². The average molecular weight is 338 g/mol. The second-order valence-electron chi connectivity index (χ2n) is 6.57. The lowest BCUT2D eigenvalue weighted by atomic mass is 9.96. The minimum atomic E-state index is -0.303. The Hall–Kier alpha value is -1.18. The number of piperidine rings is 1. The zero-order chi connectivity index (χ0) is 16.2. The van der Waals surface area contributed by atoms with E-state index in [4.69, 9.17) is 0 Å². The molecule has 0 saturated carbocycles. The molecule has 0 unspecified atom stereocenters. The van der Waals surface area contributed by atoms with E-state index < -0.39 is 0 Å². The first-order chi connectivity index (χ1) is 11.1. The Kier molecular flexibility index (Phi) is 5.50. The molecule has 3 rings (SSSR count). The van der Waals surface area contributed by atoms with Gasteiger partial charge in [-0.1, -0.05) is 0 Å². The second kappa shape index (κ2) is 7.59. The highest BCUT2D eigenvalue weighted by Gasteiger charge is 2.31. The van der Waals surface area contributed by atoms with E-state index in [0.717, 1.165) is 57.2 Å². The van der Waals surface area contributed by atoms with E-state index in [0.29, 0.717) is 12.5 Å². The molecule has 128 valence electrons. The fourth-order valence-electron chi connectivity index (χ4n) is 3.51. The highest BCUT2D eigenvalue weighted by Crippen LogP contribution is 2.26. The number of piperazine rings is 1. The van der Waals surface area contributed by atoms with Crippen molar-refractivity contribution in [1.82, 2.24) is 14.8 Å². The van der Waals surface area contributed by atoms with Crippen molar-refractivity contribution >= 4 is 22.4 Å². The standard InChI is InChI=1S/C16H26N4O2S/c1-13(21)11-18-6-8-19(9-7-18)15(22)14-3-2-5-20(12-14)16-17-4-10-23-16/h4,10,13-14,21H,2-3,5-9,11-12H2,1H3/t13-,14+/m1/s1. The highest BCUT2D eigenvalue weighted by molar-refractivity contribution is 7.13. The van der Waals surface area contributed by atoms with Crippen LogP contribution in [0.5, 0.6) is 0 Å². The molecule has 3 heterocycles. The topological polar surface area (TPSA) is 59.9 Å². The second-order valence-corrected chi connectivity index (χ2v) is 7.45. The van der Waals surface area contributed by atoms with Crippen LogP contribution in [0.2, 0.25) is 0 Å². The molecule has 2 atom stereocenters. The van der Waals surface area contributed by atoms with E-state index >= 15 is 0 Å². The van der Waals surface area contributed by atoms with Gasteiger partial charge >= 0.3 is 0 Å². The molecule has 1 aromatic heterocycles. The third-order valence-corrected chi connectivity index (χ3v) is 5.50. The third kappa shape index (κ3) is 4.22. The predicted molar refractivity (Wildman–Crippen MR) is 91.8 cm³/mol. The summed E-state index contributed by atoms with van der Waals surface area (Å²) in [4.78, 5) is 23.7. The van der Waals surface area contributed by atoms with Gasteiger partial charge in [-0.25, -0.2) is 4.98 Å². The fraction of sp³-hybridized carbons (Fsp3) is 0.750. The van der Waals surface area contributed by atoms with Gasteiger partial charge in [0.15, 0.2) is 5.13 Å². The predicted octanol–water partition coefficient (Wildman–Crippen LogP) is 0.884. The number of nitrogens with zero attached hydrogens (tertiary/aromatic N) is 4. The van der Waals surface area contributed by atoms with Crippen LogP contribution < -0.4 is 4.90 Å². The van der Waals surface area contributed by atoms with E-state index in [9.17, 15) is 9.90 Å². The van der Waals surface area contributed by atoms with E-state index in [1.807, 2.05) is 23.4 Å². The molecule has 0 spiro atoms. The van der Waals surface area contributed by atoms with Gasteiger partial charge in [-0.3, -0.25) is 9.69 Å². The number of anilines is 1. The molecular weight excluding hydrogens is 312 g/mol. The van der Waals surface area contributed by atoms with E-state index in [1.165, 1.54) is 0 Å². The van der Waals surface area contributed by atoms with Crippen LogP contribution >= 0.6 is 11.3 Å². The molecule has 1 aromatic rings. The first-order valence-corrected chi connectivity index (χ1v) is 9.35. The molecule has 2 saturated heterocycles. The van der Waals surface area contributed by atoms with Crippen LogP contribution in [0.15, 0.2) is 11.6 Å². The number of thiazole rings is 1. The Morgan fingerprint density at radius 2 is 2.17 bits per heavy atom. The van der Waals surface area contributed by atoms with Gasteiger partial charge in [0.1, 0.15) is 0 Å². The number of carbonyl (C=O) groups is 1. The normalized spacial score (nSPS) is 24.7. The summed E-state index contributed by atoms with van der Waals surface area (Å²) in [6.45, 7) is 7.58. The maximum Gasteiger partial charge on any atom is 0.227 e. The minimum Gasteiger partial charge on any atom is -0.392 e. The Labute approximate surface area is 141 Å². The van der Waals surface area contributed by atoms with E-state index in [1.54, 1.807) is 11.3 Å². The summed E-state index contributed by atoms with van der Waals surface area (Å²) in [5.74, 6) is 0.388. The number of hydrogen-bond acceptors (Lipinski definition) is 6. The fourth-order valence-corrected chi connectivity index (χ4v) is 4.19. The van der Waals surface area contributed by atoms with Crippen LogP contribution in [0.3, 0.4) is 0 Å². The third-order valence-electron chi connectivity index (χ3n) is 4.67. The van der Waals surface area contributed by atoms with Crippen LogP contribution in [-0.2, 0) is 4.79 Å². The molecule has 7 heteroatoms. The summed E-state index contributed by atoms with van der Waals surface area (Å²) in [6.07, 6.45) is 3.56. The lowest BCUT2D eigenvalue weighted by molar-refractivity contribution is -0.137. The van der Waals surface area contributed by atoms with Crippen molar-refractivity contribution in [2.75, 3.05) is 50.7 Å². The molecule has 2 aliphatic rings. The van der Waals surface area contributed by atoms with Crippen LogP contribution in [0.4, 0.5) is 5.13 Å². The Balaban J connectivity index is 1.52. The number of rotatable bonds is 4. The van der Waals surface area contributed by atoms with Crippen LogP contribution in [-0.4, -0.2) is 77.7 Å². The molecule has 2 aliphatic heterocycles. The SMILES string of the molecule is C[C@@H](O)CN1CCN(C(=O)[C@H]2CCCN(c3nccs3)C2)CC1. The monoisotopic (exact) mass is 338 g/mol. The summed E-state index contributed by atoms with van der Waals surface area (Å²) in [5.41, 5.74) is 0. The van der Waals surface area contributed by atoms with Gasteiger partial charge in [-0.2, -0.15) is 0 Å². The summed E-state index contributed by atoms with van der Waals surface area (Å²) >= 11 is 1.64. The van der Waals surface area contributed by atoms with Gasteiger partial charge in [-0.15, -0.1) is 11.3 Å². The highest BCUT2D eigenvalue weighted by atomic mass is 32.1. The van der Waals surface area contributed by atoms with Crippen molar-refractivity contribution in [2.24, 2.45) is 5.92 Å². The molecule has 23 heavy (non-hydrogen) atoms. The molecule has 0 aromatic carbocycles.